The smallest absolute Gasteiger partial charge is 0.259 e. The molecule has 0 aliphatic rings. The molecule has 0 bridgehead atoms. The zero-order chi connectivity index (χ0) is 11.5. The first-order valence-electron chi connectivity index (χ1n) is 4.57. The molecule has 0 radical (unpaired) electrons. The molecule has 0 saturated heterocycles. The third-order valence-electron chi connectivity index (χ3n) is 2.02. The van der Waals surface area contributed by atoms with Crippen LogP contribution in [0.1, 0.15) is 13.3 Å². The summed E-state index contributed by atoms with van der Waals surface area (Å²) >= 11 is 0. The lowest BCUT2D eigenvalue weighted by atomic mass is 10.3. The second-order valence-corrected chi connectivity index (χ2v) is 5.39. The van der Waals surface area contributed by atoms with Crippen molar-refractivity contribution in [3.8, 4) is 0 Å². The van der Waals surface area contributed by atoms with E-state index < -0.39 is 16.1 Å². The number of nitrogens with one attached hydrogen (secondary N) is 1. The molecule has 0 aliphatic carbocycles. The molecule has 15 heavy (non-hydrogen) atoms. The van der Waals surface area contributed by atoms with E-state index in [1.54, 1.807) is 6.92 Å². The summed E-state index contributed by atoms with van der Waals surface area (Å²) in [6, 6.07) is 0. The first-order chi connectivity index (χ1) is 6.94. The van der Waals surface area contributed by atoms with E-state index in [9.17, 15) is 8.42 Å². The van der Waals surface area contributed by atoms with Gasteiger partial charge < -0.3 is 10.1 Å². The highest BCUT2D eigenvalue weighted by atomic mass is 32.2. The van der Waals surface area contributed by atoms with Crippen LogP contribution in [0.25, 0.3) is 0 Å². The van der Waals surface area contributed by atoms with Crippen LogP contribution in [0.3, 0.4) is 0 Å². The summed E-state index contributed by atoms with van der Waals surface area (Å²) in [5, 5.41) is 9.12. The Balaban J connectivity index is 2.71. The molecule has 1 aromatic heterocycles. The van der Waals surface area contributed by atoms with Gasteiger partial charge >= 0.3 is 0 Å². The summed E-state index contributed by atoms with van der Waals surface area (Å²) in [5.41, 5.74) is 0. The molecule has 7 heteroatoms. The summed E-state index contributed by atoms with van der Waals surface area (Å²) in [4.78, 5) is 6.20. The Morgan fingerprint density at radius 2 is 2.33 bits per heavy atom. The van der Waals surface area contributed by atoms with Crippen LogP contribution in [0.5, 0.6) is 0 Å². The summed E-state index contributed by atoms with van der Waals surface area (Å²) in [7, 11) is -2.02. The van der Waals surface area contributed by atoms with Gasteiger partial charge in [0.15, 0.2) is 5.03 Å². The van der Waals surface area contributed by atoms with Crippen LogP contribution in [0.2, 0.25) is 0 Å². The van der Waals surface area contributed by atoms with Crippen LogP contribution in [-0.2, 0) is 10.0 Å². The summed E-state index contributed by atoms with van der Waals surface area (Å²) in [6.07, 6.45) is 2.47. The SMILES string of the molecule is CC(O)CCN(C)S(=O)(=O)c1cnc[nH]1. The molecule has 86 valence electrons. The quantitative estimate of drug-likeness (QED) is 0.737. The molecule has 6 nitrogen and oxygen atoms in total. The Morgan fingerprint density at radius 3 is 2.80 bits per heavy atom. The maximum atomic E-state index is 11.8. The second kappa shape index (κ2) is 4.73. The van der Waals surface area contributed by atoms with Gasteiger partial charge in [0.25, 0.3) is 10.0 Å². The Kier molecular flexibility index (Phi) is 3.83. The van der Waals surface area contributed by atoms with Crippen LogP contribution in [-0.4, -0.2) is 47.5 Å². The fourth-order valence-electron chi connectivity index (χ4n) is 1.04. The van der Waals surface area contributed by atoms with Gasteiger partial charge in [0, 0.05) is 13.6 Å². The van der Waals surface area contributed by atoms with Crippen LogP contribution < -0.4 is 0 Å². The van der Waals surface area contributed by atoms with E-state index >= 15 is 0 Å². The molecule has 0 saturated carbocycles. The topological polar surface area (TPSA) is 86.3 Å². The maximum Gasteiger partial charge on any atom is 0.259 e. The van der Waals surface area contributed by atoms with Crippen molar-refractivity contribution >= 4 is 10.0 Å². The van der Waals surface area contributed by atoms with Crippen molar-refractivity contribution in [1.82, 2.24) is 14.3 Å². The minimum atomic E-state index is -3.49. The van der Waals surface area contributed by atoms with Gasteiger partial charge in [-0.15, -0.1) is 0 Å². The minimum Gasteiger partial charge on any atom is -0.393 e. The fraction of sp³-hybridized carbons (Fsp3) is 0.625. The Hall–Kier alpha value is -0.920. The third kappa shape index (κ3) is 3.01. The van der Waals surface area contributed by atoms with Crippen molar-refractivity contribution in [3.63, 3.8) is 0 Å². The number of hydrogen-bond acceptors (Lipinski definition) is 4. The van der Waals surface area contributed by atoms with Crippen molar-refractivity contribution in [1.29, 1.82) is 0 Å². The fourth-order valence-corrected chi connectivity index (χ4v) is 2.12. The predicted octanol–water partition coefficient (Wildman–Crippen LogP) is -0.199. The van der Waals surface area contributed by atoms with Gasteiger partial charge in [-0.3, -0.25) is 0 Å². The highest BCUT2D eigenvalue weighted by Crippen LogP contribution is 2.10. The first-order valence-corrected chi connectivity index (χ1v) is 6.01. The molecule has 0 aliphatic heterocycles. The number of nitrogens with zero attached hydrogens (tertiary/aromatic N) is 2. The van der Waals surface area contributed by atoms with Crippen molar-refractivity contribution in [2.24, 2.45) is 0 Å². The van der Waals surface area contributed by atoms with Gasteiger partial charge in [0.05, 0.1) is 18.6 Å². The summed E-state index contributed by atoms with van der Waals surface area (Å²) < 4.78 is 24.7. The van der Waals surface area contributed by atoms with Crippen molar-refractivity contribution in [3.05, 3.63) is 12.5 Å². The molecule has 1 rings (SSSR count). The maximum absolute atomic E-state index is 11.8. The highest BCUT2D eigenvalue weighted by Gasteiger charge is 2.21. The minimum absolute atomic E-state index is 0.0654. The molecular weight excluding hydrogens is 218 g/mol. The molecule has 0 spiro atoms. The van der Waals surface area contributed by atoms with E-state index in [1.165, 1.54) is 23.9 Å². The van der Waals surface area contributed by atoms with Gasteiger partial charge in [0.2, 0.25) is 0 Å². The van der Waals surface area contributed by atoms with E-state index in [-0.39, 0.29) is 11.6 Å². The molecule has 1 atom stereocenters. The van der Waals surface area contributed by atoms with Gasteiger partial charge in [-0.1, -0.05) is 0 Å². The average Bonchev–Trinajstić information content (AvgIpc) is 2.66. The molecule has 0 amide bonds. The lowest BCUT2D eigenvalue weighted by Gasteiger charge is -2.16. The van der Waals surface area contributed by atoms with E-state index in [2.05, 4.69) is 9.97 Å². The number of aromatic amines is 1. The zero-order valence-corrected chi connectivity index (χ0v) is 9.53. The van der Waals surface area contributed by atoms with E-state index in [0.717, 1.165) is 0 Å². The van der Waals surface area contributed by atoms with Gasteiger partial charge in [-0.25, -0.2) is 13.4 Å². The predicted molar refractivity (Wildman–Crippen MR) is 54.7 cm³/mol. The largest absolute Gasteiger partial charge is 0.393 e. The van der Waals surface area contributed by atoms with Crippen molar-refractivity contribution in [2.75, 3.05) is 13.6 Å². The number of hydrogen-bond donors (Lipinski definition) is 2. The summed E-state index contributed by atoms with van der Waals surface area (Å²) in [6.45, 7) is 1.90. The first kappa shape index (κ1) is 12.2. The number of aliphatic hydroxyl groups excluding tert-OH is 1. The van der Waals surface area contributed by atoms with Gasteiger partial charge in [-0.05, 0) is 13.3 Å². The Labute approximate surface area is 89.0 Å². The number of sulfonamides is 1. The molecule has 1 aromatic rings. The molecular formula is C8H15N3O3S. The lowest BCUT2D eigenvalue weighted by Crippen LogP contribution is -2.29. The molecule has 0 aromatic carbocycles. The third-order valence-corrected chi connectivity index (χ3v) is 3.81. The number of H-pyrrole nitrogens is 1. The van der Waals surface area contributed by atoms with Crippen LogP contribution >= 0.6 is 0 Å². The molecule has 1 heterocycles. The van der Waals surface area contributed by atoms with E-state index in [0.29, 0.717) is 6.42 Å². The molecule has 2 N–H and O–H groups in total. The standard InChI is InChI=1S/C8H15N3O3S/c1-7(12)3-4-11(2)15(13,14)8-5-9-6-10-8/h5-7,12H,3-4H2,1-2H3,(H,9,10). The number of imidazole rings is 1. The Morgan fingerprint density at radius 1 is 1.67 bits per heavy atom. The highest BCUT2D eigenvalue weighted by molar-refractivity contribution is 7.89. The number of aromatic nitrogens is 2. The molecule has 1 unspecified atom stereocenters. The van der Waals surface area contributed by atoms with Gasteiger partial charge in [0.1, 0.15) is 0 Å². The van der Waals surface area contributed by atoms with Crippen LogP contribution in [0, 0.1) is 0 Å². The number of aliphatic hydroxyl groups is 1. The average molecular weight is 233 g/mol. The number of rotatable bonds is 5. The Bertz CT molecular complexity index is 385. The van der Waals surface area contributed by atoms with Crippen LogP contribution in [0.4, 0.5) is 0 Å². The van der Waals surface area contributed by atoms with E-state index in [1.807, 2.05) is 0 Å². The lowest BCUT2D eigenvalue weighted by molar-refractivity contribution is 0.177. The van der Waals surface area contributed by atoms with Crippen molar-refractivity contribution in [2.45, 2.75) is 24.5 Å². The van der Waals surface area contributed by atoms with Gasteiger partial charge in [-0.2, -0.15) is 4.31 Å². The van der Waals surface area contributed by atoms with Crippen LogP contribution in [0.15, 0.2) is 17.6 Å². The second-order valence-electron chi connectivity index (χ2n) is 3.38. The normalized spacial score (nSPS) is 14.4. The van der Waals surface area contributed by atoms with E-state index in [4.69, 9.17) is 5.11 Å². The summed E-state index contributed by atoms with van der Waals surface area (Å²) in [5.74, 6) is 0. The zero-order valence-electron chi connectivity index (χ0n) is 8.71. The molecule has 0 fully saturated rings. The van der Waals surface area contributed by atoms with Crippen molar-refractivity contribution < 1.29 is 13.5 Å². The monoisotopic (exact) mass is 233 g/mol.